The molecule has 3 nitrogen and oxygen atoms in total. The van der Waals surface area contributed by atoms with Crippen molar-refractivity contribution in [3.63, 3.8) is 0 Å². The fourth-order valence-electron chi connectivity index (χ4n) is 2.47. The molecule has 0 radical (unpaired) electrons. The van der Waals surface area contributed by atoms with Gasteiger partial charge in [-0.25, -0.2) is 0 Å². The second kappa shape index (κ2) is 5.53. The van der Waals surface area contributed by atoms with Gasteiger partial charge < -0.3 is 10.6 Å². The molecule has 0 bridgehead atoms. The number of hydrogen-bond acceptors (Lipinski definition) is 2. The SMILES string of the molecule is CC(C)(C(=O)Nc1ccccc1)C1CCCNC1. The Kier molecular flexibility index (Phi) is 4.02. The molecule has 1 fully saturated rings. The first kappa shape index (κ1) is 13.1. The summed E-state index contributed by atoms with van der Waals surface area (Å²) >= 11 is 0. The van der Waals surface area contributed by atoms with Gasteiger partial charge in [-0.05, 0) is 44.0 Å². The standard InChI is InChI=1S/C15H22N2O/c1-15(2,12-7-6-10-16-11-12)14(18)17-13-8-4-3-5-9-13/h3-5,8-9,12,16H,6-7,10-11H2,1-2H3,(H,17,18). The molecule has 1 aromatic rings. The molecule has 1 aliphatic rings. The summed E-state index contributed by atoms with van der Waals surface area (Å²) in [6.45, 7) is 6.11. The molecule has 0 aliphatic carbocycles. The van der Waals surface area contributed by atoms with Crippen molar-refractivity contribution >= 4 is 11.6 Å². The third-order valence-electron chi connectivity index (χ3n) is 3.93. The van der Waals surface area contributed by atoms with E-state index < -0.39 is 0 Å². The van der Waals surface area contributed by atoms with E-state index in [4.69, 9.17) is 0 Å². The van der Waals surface area contributed by atoms with Crippen LogP contribution >= 0.6 is 0 Å². The molecule has 18 heavy (non-hydrogen) atoms. The van der Waals surface area contributed by atoms with Crippen molar-refractivity contribution in [1.29, 1.82) is 0 Å². The second-order valence-corrected chi connectivity index (χ2v) is 5.59. The van der Waals surface area contributed by atoms with Crippen molar-refractivity contribution in [2.24, 2.45) is 11.3 Å². The lowest BCUT2D eigenvalue weighted by Gasteiger charge is -2.36. The maximum absolute atomic E-state index is 12.4. The van der Waals surface area contributed by atoms with Gasteiger partial charge >= 0.3 is 0 Å². The molecular weight excluding hydrogens is 224 g/mol. The maximum Gasteiger partial charge on any atom is 0.230 e. The smallest absolute Gasteiger partial charge is 0.230 e. The Balaban J connectivity index is 2.02. The number of rotatable bonds is 3. The average molecular weight is 246 g/mol. The first-order chi connectivity index (χ1) is 8.60. The summed E-state index contributed by atoms with van der Waals surface area (Å²) < 4.78 is 0. The summed E-state index contributed by atoms with van der Waals surface area (Å²) in [7, 11) is 0. The maximum atomic E-state index is 12.4. The van der Waals surface area contributed by atoms with Crippen LogP contribution < -0.4 is 10.6 Å². The second-order valence-electron chi connectivity index (χ2n) is 5.59. The lowest BCUT2D eigenvalue weighted by molar-refractivity contribution is -0.127. The van der Waals surface area contributed by atoms with Crippen LogP contribution in [0.1, 0.15) is 26.7 Å². The summed E-state index contributed by atoms with van der Waals surface area (Å²) in [5.74, 6) is 0.525. The minimum Gasteiger partial charge on any atom is -0.326 e. The molecule has 1 saturated heterocycles. The van der Waals surface area contributed by atoms with E-state index >= 15 is 0 Å². The third kappa shape index (κ3) is 2.91. The third-order valence-corrected chi connectivity index (χ3v) is 3.93. The van der Waals surface area contributed by atoms with E-state index in [1.807, 2.05) is 44.2 Å². The van der Waals surface area contributed by atoms with Crippen molar-refractivity contribution in [2.45, 2.75) is 26.7 Å². The highest BCUT2D eigenvalue weighted by Gasteiger charge is 2.37. The van der Waals surface area contributed by atoms with Gasteiger partial charge in [-0.1, -0.05) is 32.0 Å². The van der Waals surface area contributed by atoms with Crippen LogP contribution in [0.2, 0.25) is 0 Å². The van der Waals surface area contributed by atoms with Crippen LogP contribution in [0.25, 0.3) is 0 Å². The number of piperidine rings is 1. The van der Waals surface area contributed by atoms with Gasteiger partial charge in [0, 0.05) is 11.1 Å². The summed E-state index contributed by atoms with van der Waals surface area (Å²) in [6.07, 6.45) is 2.29. The van der Waals surface area contributed by atoms with Gasteiger partial charge in [-0.15, -0.1) is 0 Å². The van der Waals surface area contributed by atoms with E-state index in [1.54, 1.807) is 0 Å². The molecule has 98 valence electrons. The molecule has 2 N–H and O–H groups in total. The number of carbonyl (C=O) groups is 1. The van der Waals surface area contributed by atoms with Gasteiger partial charge in [-0.2, -0.15) is 0 Å². The Morgan fingerprint density at radius 3 is 2.67 bits per heavy atom. The van der Waals surface area contributed by atoms with Gasteiger partial charge in [0.05, 0.1) is 0 Å². The zero-order chi connectivity index (χ0) is 13.0. The van der Waals surface area contributed by atoms with Gasteiger partial charge in [-0.3, -0.25) is 4.79 Å². The molecule has 0 aromatic heterocycles. The number of anilines is 1. The molecule has 1 amide bonds. The molecule has 1 heterocycles. The zero-order valence-corrected chi connectivity index (χ0v) is 11.2. The van der Waals surface area contributed by atoms with Crippen LogP contribution in [0.3, 0.4) is 0 Å². The predicted octanol–water partition coefficient (Wildman–Crippen LogP) is 2.65. The van der Waals surface area contributed by atoms with Crippen LogP contribution in [0.15, 0.2) is 30.3 Å². The molecule has 0 spiro atoms. The zero-order valence-electron chi connectivity index (χ0n) is 11.2. The molecule has 1 atom stereocenters. The van der Waals surface area contributed by atoms with Crippen LogP contribution in [-0.4, -0.2) is 19.0 Å². The topological polar surface area (TPSA) is 41.1 Å². The van der Waals surface area contributed by atoms with E-state index in [9.17, 15) is 4.79 Å². The largest absolute Gasteiger partial charge is 0.326 e. The summed E-state index contributed by atoms with van der Waals surface area (Å²) in [5.41, 5.74) is 0.544. The number of nitrogens with one attached hydrogen (secondary N) is 2. The summed E-state index contributed by atoms with van der Waals surface area (Å²) in [6, 6.07) is 9.67. The monoisotopic (exact) mass is 246 g/mol. The number of benzene rings is 1. The van der Waals surface area contributed by atoms with Crippen molar-refractivity contribution < 1.29 is 4.79 Å². The Hall–Kier alpha value is -1.35. The first-order valence-electron chi connectivity index (χ1n) is 6.68. The quantitative estimate of drug-likeness (QED) is 0.861. The fraction of sp³-hybridized carbons (Fsp3) is 0.533. The molecule has 3 heteroatoms. The van der Waals surface area contributed by atoms with E-state index in [2.05, 4.69) is 10.6 Å². The highest BCUT2D eigenvalue weighted by atomic mass is 16.2. The number of hydrogen-bond donors (Lipinski definition) is 2. The highest BCUT2D eigenvalue weighted by Crippen LogP contribution is 2.32. The Morgan fingerprint density at radius 2 is 2.06 bits per heavy atom. The molecule has 1 aromatic carbocycles. The van der Waals surface area contributed by atoms with E-state index in [0.29, 0.717) is 5.92 Å². The van der Waals surface area contributed by atoms with Gasteiger partial charge in [0.15, 0.2) is 0 Å². The number of carbonyl (C=O) groups excluding carboxylic acids is 1. The minimum atomic E-state index is -0.330. The van der Waals surface area contributed by atoms with Crippen molar-refractivity contribution in [3.05, 3.63) is 30.3 Å². The van der Waals surface area contributed by atoms with Crippen LogP contribution in [0, 0.1) is 11.3 Å². The lowest BCUT2D eigenvalue weighted by Crippen LogP contribution is -2.44. The van der Waals surface area contributed by atoms with Gasteiger partial charge in [0.25, 0.3) is 0 Å². The van der Waals surface area contributed by atoms with Crippen molar-refractivity contribution in [3.8, 4) is 0 Å². The van der Waals surface area contributed by atoms with Crippen molar-refractivity contribution in [1.82, 2.24) is 5.32 Å². The number of para-hydroxylation sites is 1. The van der Waals surface area contributed by atoms with E-state index in [1.165, 1.54) is 0 Å². The average Bonchev–Trinajstić information content (AvgIpc) is 2.41. The first-order valence-corrected chi connectivity index (χ1v) is 6.68. The molecule has 1 aliphatic heterocycles. The van der Waals surface area contributed by atoms with Gasteiger partial charge in [0.2, 0.25) is 5.91 Å². The molecular formula is C15H22N2O. The van der Waals surface area contributed by atoms with Crippen LogP contribution in [0.4, 0.5) is 5.69 Å². The highest BCUT2D eigenvalue weighted by molar-refractivity contribution is 5.95. The predicted molar refractivity (Wildman–Crippen MR) is 74.4 cm³/mol. The Labute approximate surface area is 109 Å². The normalized spacial score (nSPS) is 20.4. The molecule has 0 saturated carbocycles. The number of amides is 1. The van der Waals surface area contributed by atoms with Crippen LogP contribution in [0.5, 0.6) is 0 Å². The lowest BCUT2D eigenvalue weighted by atomic mass is 9.74. The molecule has 2 rings (SSSR count). The Bertz CT molecular complexity index is 394. The summed E-state index contributed by atoms with van der Waals surface area (Å²) in [5, 5.41) is 6.39. The minimum absolute atomic E-state index is 0.113. The fourth-order valence-corrected chi connectivity index (χ4v) is 2.47. The Morgan fingerprint density at radius 1 is 1.33 bits per heavy atom. The van der Waals surface area contributed by atoms with E-state index in [-0.39, 0.29) is 11.3 Å². The van der Waals surface area contributed by atoms with Crippen LogP contribution in [-0.2, 0) is 4.79 Å². The van der Waals surface area contributed by atoms with Gasteiger partial charge in [0.1, 0.15) is 0 Å². The molecule has 1 unspecified atom stereocenters. The van der Waals surface area contributed by atoms with E-state index in [0.717, 1.165) is 31.6 Å². The van der Waals surface area contributed by atoms with Crippen molar-refractivity contribution in [2.75, 3.05) is 18.4 Å². The summed E-state index contributed by atoms with van der Waals surface area (Å²) in [4.78, 5) is 12.4.